The average Bonchev–Trinajstić information content (AvgIpc) is 2.89. The molecule has 2 aromatic rings. The topological polar surface area (TPSA) is 60.8 Å². The van der Waals surface area contributed by atoms with Gasteiger partial charge in [0.25, 0.3) is 0 Å². The number of hydrogen-bond donors (Lipinski definition) is 0. The summed E-state index contributed by atoms with van der Waals surface area (Å²) in [5, 5.41) is 0. The van der Waals surface area contributed by atoms with Gasteiger partial charge in [-0.05, 0) is 29.8 Å². The van der Waals surface area contributed by atoms with Gasteiger partial charge in [0.2, 0.25) is 5.90 Å². The fourth-order valence-electron chi connectivity index (χ4n) is 1.96. The third kappa shape index (κ3) is 2.67. The summed E-state index contributed by atoms with van der Waals surface area (Å²) in [6.45, 7) is 0. The van der Waals surface area contributed by atoms with Gasteiger partial charge in [-0.2, -0.15) is 0 Å². The Labute approximate surface area is 121 Å². The molecule has 0 bridgehead atoms. The molecule has 1 aromatic carbocycles. The zero-order valence-electron chi connectivity index (χ0n) is 11.3. The van der Waals surface area contributed by atoms with E-state index >= 15 is 0 Å². The van der Waals surface area contributed by atoms with Crippen molar-refractivity contribution < 1.29 is 14.3 Å². The highest BCUT2D eigenvalue weighted by atomic mass is 16.6. The Balaban J connectivity index is 1.98. The maximum absolute atomic E-state index is 11.9. The maximum atomic E-state index is 11.9. The lowest BCUT2D eigenvalue weighted by molar-refractivity contribution is -0.129. The van der Waals surface area contributed by atoms with Crippen LogP contribution >= 0.6 is 0 Å². The lowest BCUT2D eigenvalue weighted by Crippen LogP contribution is -2.06. The number of carbonyl (C=O) groups is 1. The molecule has 2 heterocycles. The number of cyclic esters (lactones) is 1. The van der Waals surface area contributed by atoms with Gasteiger partial charge in [0.05, 0.1) is 12.7 Å². The van der Waals surface area contributed by atoms with Crippen molar-refractivity contribution in [3.8, 4) is 5.75 Å². The van der Waals surface area contributed by atoms with E-state index in [0.717, 1.165) is 5.56 Å². The molecule has 0 amide bonds. The normalized spacial score (nSPS) is 15.8. The van der Waals surface area contributed by atoms with Gasteiger partial charge < -0.3 is 9.47 Å². The van der Waals surface area contributed by atoms with Gasteiger partial charge in [-0.25, -0.2) is 9.79 Å². The fourth-order valence-corrected chi connectivity index (χ4v) is 1.96. The molecule has 0 saturated heterocycles. The van der Waals surface area contributed by atoms with E-state index in [1.807, 2.05) is 18.2 Å². The van der Waals surface area contributed by atoms with Crippen LogP contribution in [0.1, 0.15) is 11.1 Å². The van der Waals surface area contributed by atoms with E-state index < -0.39 is 5.97 Å². The van der Waals surface area contributed by atoms with E-state index in [2.05, 4.69) is 9.98 Å². The number of aromatic nitrogens is 1. The highest BCUT2D eigenvalue weighted by Crippen LogP contribution is 2.24. The number of methoxy groups -OCH3 is 1. The molecule has 1 aliphatic heterocycles. The Morgan fingerprint density at radius 2 is 2.05 bits per heavy atom. The van der Waals surface area contributed by atoms with Crippen LogP contribution in [0.5, 0.6) is 5.75 Å². The van der Waals surface area contributed by atoms with Crippen LogP contribution < -0.4 is 4.74 Å². The highest BCUT2D eigenvalue weighted by molar-refractivity contribution is 6.13. The molecule has 5 nitrogen and oxygen atoms in total. The first-order valence-electron chi connectivity index (χ1n) is 6.34. The molecule has 0 spiro atoms. The minimum absolute atomic E-state index is 0.240. The summed E-state index contributed by atoms with van der Waals surface area (Å²) in [5.41, 5.74) is 1.67. The fraction of sp³-hybridized carbons (Fsp3) is 0.0625. The molecule has 21 heavy (non-hydrogen) atoms. The highest BCUT2D eigenvalue weighted by Gasteiger charge is 2.25. The molecule has 1 aliphatic rings. The molecule has 0 unspecified atom stereocenters. The first-order chi connectivity index (χ1) is 10.3. The van der Waals surface area contributed by atoms with Crippen molar-refractivity contribution in [2.24, 2.45) is 4.99 Å². The van der Waals surface area contributed by atoms with Gasteiger partial charge in [0.1, 0.15) is 5.75 Å². The number of benzene rings is 1. The molecule has 104 valence electrons. The SMILES string of the molecule is COc1ccccc1C1=N/C(=C\c2cccnc2)C(=O)O1. The predicted molar refractivity (Wildman–Crippen MR) is 77.8 cm³/mol. The second-order valence-electron chi connectivity index (χ2n) is 4.32. The van der Waals surface area contributed by atoms with Crippen LogP contribution in [0, 0.1) is 0 Å². The number of esters is 1. The molecule has 0 aliphatic carbocycles. The van der Waals surface area contributed by atoms with Gasteiger partial charge in [-0.1, -0.05) is 18.2 Å². The monoisotopic (exact) mass is 280 g/mol. The third-order valence-electron chi connectivity index (χ3n) is 2.95. The molecule has 5 heteroatoms. The van der Waals surface area contributed by atoms with E-state index in [1.165, 1.54) is 0 Å². The molecule has 3 rings (SSSR count). The van der Waals surface area contributed by atoms with Gasteiger partial charge >= 0.3 is 5.97 Å². The number of ether oxygens (including phenoxy) is 2. The maximum Gasteiger partial charge on any atom is 0.363 e. The number of rotatable bonds is 3. The smallest absolute Gasteiger partial charge is 0.363 e. The lowest BCUT2D eigenvalue weighted by atomic mass is 10.2. The number of carbonyl (C=O) groups excluding carboxylic acids is 1. The van der Waals surface area contributed by atoms with Crippen molar-refractivity contribution in [1.29, 1.82) is 0 Å². The van der Waals surface area contributed by atoms with Crippen LogP contribution in [0.15, 0.2) is 59.5 Å². The van der Waals surface area contributed by atoms with E-state index in [1.54, 1.807) is 43.8 Å². The van der Waals surface area contributed by atoms with Crippen LogP contribution in [0.3, 0.4) is 0 Å². The molecular weight excluding hydrogens is 268 g/mol. The summed E-state index contributed by atoms with van der Waals surface area (Å²) < 4.78 is 10.5. The molecule has 0 N–H and O–H groups in total. The first kappa shape index (κ1) is 13.1. The molecular formula is C16H12N2O3. The van der Waals surface area contributed by atoms with E-state index in [-0.39, 0.29) is 11.6 Å². The first-order valence-corrected chi connectivity index (χ1v) is 6.34. The minimum atomic E-state index is -0.486. The summed E-state index contributed by atoms with van der Waals surface area (Å²) in [6, 6.07) is 10.9. The number of nitrogens with zero attached hydrogens (tertiary/aromatic N) is 2. The predicted octanol–water partition coefficient (Wildman–Crippen LogP) is 2.43. The third-order valence-corrected chi connectivity index (χ3v) is 2.95. The van der Waals surface area contributed by atoms with Gasteiger partial charge in [-0.3, -0.25) is 4.98 Å². The molecule has 0 saturated carbocycles. The zero-order valence-corrected chi connectivity index (χ0v) is 11.3. The number of hydrogen-bond acceptors (Lipinski definition) is 5. The van der Waals surface area contributed by atoms with Crippen molar-refractivity contribution in [2.75, 3.05) is 7.11 Å². The molecule has 0 radical (unpaired) electrons. The van der Waals surface area contributed by atoms with Crippen molar-refractivity contribution in [3.63, 3.8) is 0 Å². The minimum Gasteiger partial charge on any atom is -0.496 e. The number of para-hydroxylation sites is 1. The van der Waals surface area contributed by atoms with Crippen molar-refractivity contribution >= 4 is 17.9 Å². The Bertz CT molecular complexity index is 736. The van der Waals surface area contributed by atoms with Gasteiger partial charge in [0, 0.05) is 12.4 Å². The van der Waals surface area contributed by atoms with Crippen LogP contribution in [-0.2, 0) is 9.53 Å². The molecule has 0 atom stereocenters. The van der Waals surface area contributed by atoms with Crippen LogP contribution in [-0.4, -0.2) is 24.0 Å². The van der Waals surface area contributed by atoms with E-state index in [9.17, 15) is 4.79 Å². The summed E-state index contributed by atoms with van der Waals surface area (Å²) in [6.07, 6.45) is 4.95. The Kier molecular flexibility index (Phi) is 3.47. The summed E-state index contributed by atoms with van der Waals surface area (Å²) in [5.74, 6) is 0.360. The van der Waals surface area contributed by atoms with E-state index in [0.29, 0.717) is 11.3 Å². The van der Waals surface area contributed by atoms with Crippen LogP contribution in [0.25, 0.3) is 6.08 Å². The summed E-state index contributed by atoms with van der Waals surface area (Å²) in [7, 11) is 1.56. The van der Waals surface area contributed by atoms with Gasteiger partial charge in [-0.15, -0.1) is 0 Å². The average molecular weight is 280 g/mol. The zero-order chi connectivity index (χ0) is 14.7. The Morgan fingerprint density at radius 1 is 1.19 bits per heavy atom. The van der Waals surface area contributed by atoms with Gasteiger partial charge in [0.15, 0.2) is 5.70 Å². The van der Waals surface area contributed by atoms with Crippen molar-refractivity contribution in [1.82, 2.24) is 4.98 Å². The second kappa shape index (κ2) is 5.58. The summed E-state index contributed by atoms with van der Waals surface area (Å²) >= 11 is 0. The largest absolute Gasteiger partial charge is 0.496 e. The number of pyridine rings is 1. The molecule has 1 aromatic heterocycles. The lowest BCUT2D eigenvalue weighted by Gasteiger charge is -2.05. The Hall–Kier alpha value is -2.95. The van der Waals surface area contributed by atoms with E-state index in [4.69, 9.17) is 9.47 Å². The standard InChI is InChI=1S/C16H12N2O3/c1-20-14-7-3-2-6-12(14)15-18-13(16(19)21-15)9-11-5-4-8-17-10-11/h2-10H,1H3/b13-9-. The van der Waals surface area contributed by atoms with Crippen molar-refractivity contribution in [2.45, 2.75) is 0 Å². The Morgan fingerprint density at radius 3 is 2.81 bits per heavy atom. The quantitative estimate of drug-likeness (QED) is 0.640. The summed E-state index contributed by atoms with van der Waals surface area (Å²) in [4.78, 5) is 20.1. The van der Waals surface area contributed by atoms with Crippen molar-refractivity contribution in [3.05, 3.63) is 65.6 Å². The van der Waals surface area contributed by atoms with Crippen LogP contribution in [0.2, 0.25) is 0 Å². The molecule has 0 fully saturated rings. The number of aliphatic imine (C=N–C) groups is 1. The van der Waals surface area contributed by atoms with Crippen LogP contribution in [0.4, 0.5) is 0 Å². The second-order valence-corrected chi connectivity index (χ2v) is 4.32.